The van der Waals surface area contributed by atoms with Gasteiger partial charge in [0.15, 0.2) is 11.6 Å². The smallest absolute Gasteiger partial charge is 0.306 e. The Morgan fingerprint density at radius 1 is 1.37 bits per heavy atom. The van der Waals surface area contributed by atoms with Crippen LogP contribution in [0.3, 0.4) is 0 Å². The predicted octanol–water partition coefficient (Wildman–Crippen LogP) is 1.35. The van der Waals surface area contributed by atoms with Gasteiger partial charge in [0.2, 0.25) is 10.0 Å². The van der Waals surface area contributed by atoms with Crippen LogP contribution in [0.4, 0.5) is 8.78 Å². The number of carboxylic acid groups (broad SMARTS) is 1. The van der Waals surface area contributed by atoms with Gasteiger partial charge in [-0.3, -0.25) is 4.79 Å². The fourth-order valence-corrected chi connectivity index (χ4v) is 2.32. The van der Waals surface area contributed by atoms with E-state index in [-0.39, 0.29) is 13.0 Å². The third-order valence-electron chi connectivity index (χ3n) is 2.49. The average Bonchev–Trinajstić information content (AvgIpc) is 2.32. The van der Waals surface area contributed by atoms with Gasteiger partial charge in [0, 0.05) is 6.54 Å². The van der Waals surface area contributed by atoms with E-state index in [1.165, 1.54) is 6.92 Å². The molecule has 0 spiro atoms. The molecular formula is C11H13F2NO4S. The maximum Gasteiger partial charge on any atom is 0.306 e. The minimum atomic E-state index is -3.97. The Labute approximate surface area is 109 Å². The van der Waals surface area contributed by atoms with Gasteiger partial charge in [-0.2, -0.15) is 0 Å². The number of rotatable bonds is 6. The summed E-state index contributed by atoms with van der Waals surface area (Å²) in [5.74, 6) is -4.14. The summed E-state index contributed by atoms with van der Waals surface area (Å²) in [6.45, 7) is 1.34. The second kappa shape index (κ2) is 6.07. The van der Waals surface area contributed by atoms with Crippen LogP contribution in [0.25, 0.3) is 0 Å². The maximum atomic E-state index is 12.9. The minimum absolute atomic E-state index is 0.0955. The van der Waals surface area contributed by atoms with Crippen molar-refractivity contribution in [2.75, 3.05) is 6.54 Å². The summed E-state index contributed by atoms with van der Waals surface area (Å²) < 4.78 is 51.1. The largest absolute Gasteiger partial charge is 0.481 e. The lowest BCUT2D eigenvalue weighted by atomic mass is 10.1. The predicted molar refractivity (Wildman–Crippen MR) is 63.0 cm³/mol. The summed E-state index contributed by atoms with van der Waals surface area (Å²) in [6, 6.07) is 2.21. The molecule has 1 unspecified atom stereocenters. The lowest BCUT2D eigenvalue weighted by molar-refractivity contribution is -0.141. The van der Waals surface area contributed by atoms with Crippen LogP contribution in [0.1, 0.15) is 13.3 Å². The number of carbonyl (C=O) groups is 1. The first kappa shape index (κ1) is 15.5. The number of nitrogens with one attached hydrogen (secondary N) is 1. The maximum absolute atomic E-state index is 12.9. The standard InChI is InChI=1S/C11H13F2NO4S/c1-7(11(15)16)4-5-14-19(17,18)8-2-3-9(12)10(13)6-8/h2-3,6-7,14H,4-5H2,1H3,(H,15,16). The summed E-state index contributed by atoms with van der Waals surface area (Å²) in [7, 11) is -3.97. The molecule has 1 rings (SSSR count). The minimum Gasteiger partial charge on any atom is -0.481 e. The van der Waals surface area contributed by atoms with Crippen molar-refractivity contribution in [1.82, 2.24) is 4.72 Å². The van der Waals surface area contributed by atoms with E-state index in [0.29, 0.717) is 12.1 Å². The molecular weight excluding hydrogens is 280 g/mol. The number of hydrogen-bond donors (Lipinski definition) is 2. The molecule has 0 radical (unpaired) electrons. The first-order valence-corrected chi connectivity index (χ1v) is 6.90. The van der Waals surface area contributed by atoms with Gasteiger partial charge in [0.05, 0.1) is 10.8 Å². The van der Waals surface area contributed by atoms with Crippen molar-refractivity contribution in [3.8, 4) is 0 Å². The summed E-state index contributed by atoms with van der Waals surface area (Å²) in [4.78, 5) is 10.1. The third-order valence-corrected chi connectivity index (χ3v) is 3.95. The first-order chi connectivity index (χ1) is 8.74. The van der Waals surface area contributed by atoms with Crippen LogP contribution in [0.2, 0.25) is 0 Å². The number of benzene rings is 1. The summed E-state index contributed by atoms with van der Waals surface area (Å²) in [6.07, 6.45) is 0.0955. The second-order valence-corrected chi connectivity index (χ2v) is 5.77. The lowest BCUT2D eigenvalue weighted by Gasteiger charge is -2.09. The molecule has 0 heterocycles. The number of halogens is 2. The molecule has 19 heavy (non-hydrogen) atoms. The van der Waals surface area contributed by atoms with Crippen LogP contribution < -0.4 is 4.72 Å². The highest BCUT2D eigenvalue weighted by Gasteiger charge is 2.17. The fourth-order valence-electron chi connectivity index (χ4n) is 1.26. The Morgan fingerprint density at radius 2 is 2.00 bits per heavy atom. The van der Waals surface area contributed by atoms with Crippen LogP contribution in [-0.4, -0.2) is 26.0 Å². The molecule has 0 saturated carbocycles. The van der Waals surface area contributed by atoms with E-state index in [4.69, 9.17) is 5.11 Å². The van der Waals surface area contributed by atoms with Crippen molar-refractivity contribution < 1.29 is 27.1 Å². The molecule has 0 amide bonds. The molecule has 2 N–H and O–H groups in total. The molecule has 0 aromatic heterocycles. The molecule has 5 nitrogen and oxygen atoms in total. The Balaban J connectivity index is 2.71. The van der Waals surface area contributed by atoms with Gasteiger partial charge in [-0.15, -0.1) is 0 Å². The number of hydrogen-bond acceptors (Lipinski definition) is 3. The van der Waals surface area contributed by atoms with Gasteiger partial charge in [0.25, 0.3) is 0 Å². The molecule has 0 fully saturated rings. The number of sulfonamides is 1. The second-order valence-electron chi connectivity index (χ2n) is 4.00. The quantitative estimate of drug-likeness (QED) is 0.829. The highest BCUT2D eigenvalue weighted by Crippen LogP contribution is 2.13. The van der Waals surface area contributed by atoms with E-state index in [1.807, 2.05) is 0 Å². The fraction of sp³-hybridized carbons (Fsp3) is 0.364. The van der Waals surface area contributed by atoms with Crippen LogP contribution in [-0.2, 0) is 14.8 Å². The van der Waals surface area contributed by atoms with Gasteiger partial charge in [-0.25, -0.2) is 21.9 Å². The van der Waals surface area contributed by atoms with Gasteiger partial charge in [0.1, 0.15) is 0 Å². The Kier molecular flexibility index (Phi) is 4.96. The van der Waals surface area contributed by atoms with Crippen LogP contribution in [0.15, 0.2) is 23.1 Å². The highest BCUT2D eigenvalue weighted by molar-refractivity contribution is 7.89. The normalized spacial score (nSPS) is 13.2. The molecule has 1 aromatic carbocycles. The number of aliphatic carboxylic acids is 1. The summed E-state index contributed by atoms with van der Waals surface area (Å²) >= 11 is 0. The zero-order valence-corrected chi connectivity index (χ0v) is 10.9. The van der Waals surface area contributed by atoms with Crippen LogP contribution >= 0.6 is 0 Å². The molecule has 1 aromatic rings. The molecule has 1 atom stereocenters. The molecule has 106 valence electrons. The van der Waals surface area contributed by atoms with Gasteiger partial charge < -0.3 is 5.11 Å². The van der Waals surface area contributed by atoms with E-state index >= 15 is 0 Å². The van der Waals surface area contributed by atoms with Crippen molar-refractivity contribution in [2.45, 2.75) is 18.2 Å². The van der Waals surface area contributed by atoms with Crippen molar-refractivity contribution in [2.24, 2.45) is 5.92 Å². The molecule has 0 aliphatic rings. The van der Waals surface area contributed by atoms with E-state index < -0.39 is 38.4 Å². The third kappa shape index (κ3) is 4.25. The van der Waals surface area contributed by atoms with Gasteiger partial charge in [-0.05, 0) is 24.6 Å². The van der Waals surface area contributed by atoms with Crippen LogP contribution in [0.5, 0.6) is 0 Å². The molecule has 0 bridgehead atoms. The topological polar surface area (TPSA) is 83.5 Å². The first-order valence-electron chi connectivity index (χ1n) is 5.41. The van der Waals surface area contributed by atoms with E-state index in [1.54, 1.807) is 0 Å². The van der Waals surface area contributed by atoms with E-state index in [2.05, 4.69) is 4.72 Å². The van der Waals surface area contributed by atoms with Crippen molar-refractivity contribution in [3.05, 3.63) is 29.8 Å². The zero-order chi connectivity index (χ0) is 14.6. The van der Waals surface area contributed by atoms with Crippen molar-refractivity contribution >= 4 is 16.0 Å². The van der Waals surface area contributed by atoms with Crippen molar-refractivity contribution in [1.29, 1.82) is 0 Å². The average molecular weight is 293 g/mol. The molecule has 0 saturated heterocycles. The Bertz CT molecular complexity index is 574. The molecule has 8 heteroatoms. The van der Waals surface area contributed by atoms with Gasteiger partial charge in [-0.1, -0.05) is 6.92 Å². The molecule has 0 aliphatic carbocycles. The zero-order valence-electron chi connectivity index (χ0n) is 10.1. The summed E-state index contributed by atoms with van der Waals surface area (Å²) in [5, 5.41) is 8.63. The number of carboxylic acids is 1. The lowest BCUT2D eigenvalue weighted by Crippen LogP contribution is -2.27. The SMILES string of the molecule is CC(CCNS(=O)(=O)c1ccc(F)c(F)c1)C(=O)O. The monoisotopic (exact) mass is 293 g/mol. The van der Waals surface area contributed by atoms with E-state index in [9.17, 15) is 22.0 Å². The molecule has 0 aliphatic heterocycles. The Morgan fingerprint density at radius 3 is 2.53 bits per heavy atom. The van der Waals surface area contributed by atoms with Crippen molar-refractivity contribution in [3.63, 3.8) is 0 Å². The Hall–Kier alpha value is -1.54. The van der Waals surface area contributed by atoms with Crippen LogP contribution in [0, 0.1) is 17.6 Å². The van der Waals surface area contributed by atoms with E-state index in [0.717, 1.165) is 6.07 Å². The van der Waals surface area contributed by atoms with Gasteiger partial charge >= 0.3 is 5.97 Å². The highest BCUT2D eigenvalue weighted by atomic mass is 32.2. The summed E-state index contributed by atoms with van der Waals surface area (Å²) in [5.41, 5.74) is 0.